The summed E-state index contributed by atoms with van der Waals surface area (Å²) in [5.74, 6) is -1.66. The van der Waals surface area contributed by atoms with Crippen molar-refractivity contribution in [1.82, 2.24) is 15.1 Å². The highest BCUT2D eigenvalue weighted by Crippen LogP contribution is 2.30. The van der Waals surface area contributed by atoms with Crippen LogP contribution in [-0.2, 0) is 6.18 Å². The predicted octanol–water partition coefficient (Wildman–Crippen LogP) is 3.42. The Morgan fingerprint density at radius 3 is 2.44 bits per heavy atom. The number of alkyl halides is 3. The van der Waals surface area contributed by atoms with Gasteiger partial charge in [0.25, 0.3) is 11.5 Å². The first-order chi connectivity index (χ1) is 15.1. The summed E-state index contributed by atoms with van der Waals surface area (Å²) in [5.41, 5.74) is -1.72. The minimum absolute atomic E-state index is 0.0431. The van der Waals surface area contributed by atoms with Crippen LogP contribution in [0.2, 0.25) is 0 Å². The molecule has 10 heteroatoms. The van der Waals surface area contributed by atoms with Crippen molar-refractivity contribution in [3.8, 4) is 16.9 Å². The number of carbonyl (C=O) groups excluding carboxylic acids is 1. The van der Waals surface area contributed by atoms with E-state index in [0.717, 1.165) is 28.9 Å². The van der Waals surface area contributed by atoms with Gasteiger partial charge in [0.15, 0.2) is 0 Å². The molecule has 6 nitrogen and oxygen atoms in total. The van der Waals surface area contributed by atoms with Crippen LogP contribution in [0.4, 0.5) is 17.6 Å². The molecule has 1 atom stereocenters. The van der Waals surface area contributed by atoms with Gasteiger partial charge in [0.05, 0.1) is 16.9 Å². The molecular formula is C22H19F4N3O3. The van der Waals surface area contributed by atoms with Crippen molar-refractivity contribution in [1.29, 1.82) is 0 Å². The Morgan fingerprint density at radius 2 is 1.84 bits per heavy atom. The van der Waals surface area contributed by atoms with E-state index in [0.29, 0.717) is 0 Å². The van der Waals surface area contributed by atoms with Crippen LogP contribution >= 0.6 is 0 Å². The number of amides is 1. The summed E-state index contributed by atoms with van der Waals surface area (Å²) in [5, 5.41) is 15.8. The first-order valence-electron chi connectivity index (χ1n) is 9.57. The molecule has 3 rings (SSSR count). The minimum Gasteiger partial charge on any atom is -0.396 e. The summed E-state index contributed by atoms with van der Waals surface area (Å²) in [6.07, 6.45) is -4.53. The summed E-state index contributed by atoms with van der Waals surface area (Å²) in [6, 6.07) is 10.2. The van der Waals surface area contributed by atoms with Gasteiger partial charge in [0.1, 0.15) is 11.4 Å². The maximum Gasteiger partial charge on any atom is 0.416 e. The largest absolute Gasteiger partial charge is 0.416 e. The van der Waals surface area contributed by atoms with Gasteiger partial charge in [-0.3, -0.25) is 9.59 Å². The fourth-order valence-electron chi connectivity index (χ4n) is 2.84. The lowest BCUT2D eigenvalue weighted by Crippen LogP contribution is -2.36. The maximum atomic E-state index is 13.7. The fourth-order valence-corrected chi connectivity index (χ4v) is 2.84. The van der Waals surface area contributed by atoms with E-state index in [4.69, 9.17) is 5.11 Å². The third kappa shape index (κ3) is 5.20. The number of aliphatic hydroxyl groups is 1. The molecule has 2 N–H and O–H groups in total. The van der Waals surface area contributed by atoms with Crippen molar-refractivity contribution < 1.29 is 27.5 Å². The van der Waals surface area contributed by atoms with Crippen molar-refractivity contribution in [2.24, 2.45) is 5.92 Å². The Morgan fingerprint density at radius 1 is 1.16 bits per heavy atom. The summed E-state index contributed by atoms with van der Waals surface area (Å²) < 4.78 is 53.2. The van der Waals surface area contributed by atoms with E-state index in [1.165, 1.54) is 30.3 Å². The molecule has 0 aliphatic rings. The number of rotatable bonds is 6. The van der Waals surface area contributed by atoms with Gasteiger partial charge < -0.3 is 10.4 Å². The maximum absolute atomic E-state index is 13.7. The smallest absolute Gasteiger partial charge is 0.396 e. The number of nitrogens with zero attached hydrogens (tertiary/aromatic N) is 2. The lowest BCUT2D eigenvalue weighted by molar-refractivity contribution is -0.137. The molecule has 168 valence electrons. The zero-order valence-corrected chi connectivity index (χ0v) is 16.9. The number of nitrogens with one attached hydrogen (secondary N) is 1. The van der Waals surface area contributed by atoms with Crippen LogP contribution in [0.25, 0.3) is 16.9 Å². The van der Waals surface area contributed by atoms with Crippen LogP contribution in [0.5, 0.6) is 0 Å². The number of aromatic nitrogens is 2. The Bertz CT molecular complexity index is 1170. The molecule has 1 aromatic heterocycles. The summed E-state index contributed by atoms with van der Waals surface area (Å²) in [4.78, 5) is 25.6. The molecule has 0 saturated carbocycles. The average Bonchev–Trinajstić information content (AvgIpc) is 2.76. The van der Waals surface area contributed by atoms with Gasteiger partial charge in [0.2, 0.25) is 0 Å². The minimum atomic E-state index is -4.53. The van der Waals surface area contributed by atoms with E-state index in [1.54, 1.807) is 6.92 Å². The molecule has 2 aromatic carbocycles. The molecule has 1 amide bonds. The van der Waals surface area contributed by atoms with Crippen molar-refractivity contribution >= 4 is 5.91 Å². The van der Waals surface area contributed by atoms with Crippen LogP contribution in [0.15, 0.2) is 59.4 Å². The van der Waals surface area contributed by atoms with Gasteiger partial charge in [-0.05, 0) is 42.3 Å². The van der Waals surface area contributed by atoms with Crippen molar-refractivity contribution in [2.75, 3.05) is 13.2 Å². The highest BCUT2D eigenvalue weighted by Gasteiger charge is 2.30. The van der Waals surface area contributed by atoms with E-state index < -0.39 is 29.0 Å². The molecule has 32 heavy (non-hydrogen) atoms. The van der Waals surface area contributed by atoms with E-state index >= 15 is 0 Å². The molecule has 0 fully saturated rings. The van der Waals surface area contributed by atoms with Gasteiger partial charge in [-0.1, -0.05) is 25.1 Å². The van der Waals surface area contributed by atoms with Gasteiger partial charge in [-0.25, -0.2) is 4.39 Å². The molecule has 3 aromatic rings. The van der Waals surface area contributed by atoms with Crippen LogP contribution in [0, 0.1) is 11.7 Å². The Kier molecular flexibility index (Phi) is 6.73. The standard InChI is InChI=1S/C22H19F4N3O3/c1-13(12-30)11-27-20(31)18-10-19(14-5-7-15(8-6-14)22(24,25)26)28-29(21(18)32)17-4-2-3-16(23)9-17/h2-10,13,30H,11-12H2,1H3,(H,27,31)/t13-/m1/s1. The fraction of sp³-hybridized carbons (Fsp3) is 0.227. The second kappa shape index (κ2) is 9.31. The summed E-state index contributed by atoms with van der Waals surface area (Å²) >= 11 is 0. The number of halogens is 4. The Hall–Kier alpha value is -3.53. The predicted molar refractivity (Wildman–Crippen MR) is 109 cm³/mol. The second-order valence-corrected chi connectivity index (χ2v) is 7.21. The van der Waals surface area contributed by atoms with Gasteiger partial charge >= 0.3 is 6.18 Å². The number of aliphatic hydroxyl groups excluding tert-OH is 1. The van der Waals surface area contributed by atoms with Crippen LogP contribution in [-0.4, -0.2) is 33.9 Å². The monoisotopic (exact) mass is 449 g/mol. The molecule has 0 spiro atoms. The first kappa shape index (κ1) is 23.1. The first-order valence-corrected chi connectivity index (χ1v) is 9.57. The van der Waals surface area contributed by atoms with E-state index in [-0.39, 0.29) is 41.6 Å². The highest BCUT2D eigenvalue weighted by atomic mass is 19.4. The second-order valence-electron chi connectivity index (χ2n) is 7.21. The van der Waals surface area contributed by atoms with Crippen molar-refractivity contribution in [3.05, 3.63) is 81.9 Å². The topological polar surface area (TPSA) is 84.2 Å². The van der Waals surface area contributed by atoms with E-state index in [9.17, 15) is 27.2 Å². The summed E-state index contributed by atoms with van der Waals surface area (Å²) in [6.45, 7) is 1.60. The third-order valence-corrected chi connectivity index (χ3v) is 4.64. The zero-order valence-electron chi connectivity index (χ0n) is 16.9. The molecule has 1 heterocycles. The average molecular weight is 449 g/mol. The van der Waals surface area contributed by atoms with Crippen LogP contribution < -0.4 is 10.9 Å². The molecule has 0 aliphatic heterocycles. The molecule has 0 saturated heterocycles. The molecule has 0 aliphatic carbocycles. The molecule has 0 bridgehead atoms. The van der Waals surface area contributed by atoms with Gasteiger partial charge in [0, 0.05) is 18.7 Å². The highest BCUT2D eigenvalue weighted by molar-refractivity contribution is 5.94. The number of hydrogen-bond acceptors (Lipinski definition) is 4. The summed E-state index contributed by atoms with van der Waals surface area (Å²) in [7, 11) is 0. The van der Waals surface area contributed by atoms with E-state index in [2.05, 4.69) is 10.4 Å². The quantitative estimate of drug-likeness (QED) is 0.565. The van der Waals surface area contributed by atoms with Crippen LogP contribution in [0.1, 0.15) is 22.8 Å². The lowest BCUT2D eigenvalue weighted by Gasteiger charge is -2.13. The zero-order chi connectivity index (χ0) is 23.5. The van der Waals surface area contributed by atoms with Gasteiger partial charge in [-0.15, -0.1) is 0 Å². The van der Waals surface area contributed by atoms with Gasteiger partial charge in [-0.2, -0.15) is 23.0 Å². The Balaban J connectivity index is 2.12. The van der Waals surface area contributed by atoms with Crippen LogP contribution in [0.3, 0.4) is 0 Å². The molecular weight excluding hydrogens is 430 g/mol. The molecule has 0 radical (unpaired) electrons. The Labute approximate surface area is 180 Å². The van der Waals surface area contributed by atoms with Crippen molar-refractivity contribution in [2.45, 2.75) is 13.1 Å². The lowest BCUT2D eigenvalue weighted by atomic mass is 10.1. The molecule has 0 unspecified atom stereocenters. The van der Waals surface area contributed by atoms with E-state index in [1.807, 2.05) is 0 Å². The normalized spacial score (nSPS) is 12.4. The third-order valence-electron chi connectivity index (χ3n) is 4.64. The SMILES string of the molecule is C[C@@H](CO)CNC(=O)c1cc(-c2ccc(C(F)(F)F)cc2)nn(-c2cccc(F)c2)c1=O. The number of hydrogen-bond donors (Lipinski definition) is 2. The number of benzene rings is 2. The number of carbonyl (C=O) groups is 1. The van der Waals surface area contributed by atoms with Crippen molar-refractivity contribution in [3.63, 3.8) is 0 Å².